The van der Waals surface area contributed by atoms with Crippen molar-refractivity contribution in [3.8, 4) is 10.4 Å². The van der Waals surface area contributed by atoms with Gasteiger partial charge in [-0.3, -0.25) is 0 Å². The van der Waals surface area contributed by atoms with E-state index in [0.717, 1.165) is 19.6 Å². The summed E-state index contributed by atoms with van der Waals surface area (Å²) in [6.07, 6.45) is 5.72. The van der Waals surface area contributed by atoms with Crippen molar-refractivity contribution in [2.24, 2.45) is 5.92 Å². The van der Waals surface area contributed by atoms with Crippen LogP contribution in [0.5, 0.6) is 0 Å². The van der Waals surface area contributed by atoms with Gasteiger partial charge in [-0.25, -0.2) is 4.98 Å². The van der Waals surface area contributed by atoms with Crippen LogP contribution in [-0.2, 0) is 13.1 Å². The first kappa shape index (κ1) is 15.0. The summed E-state index contributed by atoms with van der Waals surface area (Å²) in [5.41, 5.74) is 1.30. The van der Waals surface area contributed by atoms with E-state index in [2.05, 4.69) is 64.3 Å². The largest absolute Gasteiger partial charge is 0.337 e. The van der Waals surface area contributed by atoms with Crippen molar-refractivity contribution in [1.29, 1.82) is 0 Å². The third-order valence-electron chi connectivity index (χ3n) is 3.59. The molecule has 0 aliphatic rings. The Hall–Kier alpha value is -1.91. The average Bonchev–Trinajstić information content (AvgIpc) is 3.20. The second-order valence-electron chi connectivity index (χ2n) is 5.63. The van der Waals surface area contributed by atoms with Crippen molar-refractivity contribution in [3.63, 3.8) is 0 Å². The molecule has 3 nitrogen and oxygen atoms in total. The molecule has 3 rings (SSSR count). The highest BCUT2D eigenvalue weighted by Gasteiger charge is 2.05. The van der Waals surface area contributed by atoms with Gasteiger partial charge in [-0.2, -0.15) is 0 Å². The zero-order valence-electron chi connectivity index (χ0n) is 12.8. The minimum Gasteiger partial charge on any atom is -0.337 e. The van der Waals surface area contributed by atoms with E-state index >= 15 is 0 Å². The molecule has 0 aliphatic carbocycles. The Balaban J connectivity index is 1.47. The van der Waals surface area contributed by atoms with E-state index in [0.29, 0.717) is 5.92 Å². The molecule has 3 aromatic rings. The Morgan fingerprint density at radius 1 is 1.18 bits per heavy atom. The molecule has 1 atom stereocenters. The van der Waals surface area contributed by atoms with Gasteiger partial charge in [0.1, 0.15) is 0 Å². The number of hydrogen-bond acceptors (Lipinski definition) is 3. The normalized spacial score (nSPS) is 12.4. The lowest BCUT2D eigenvalue weighted by Crippen LogP contribution is -2.23. The first-order valence-electron chi connectivity index (χ1n) is 7.62. The number of nitrogens with zero attached hydrogens (tertiary/aromatic N) is 2. The summed E-state index contributed by atoms with van der Waals surface area (Å²) in [6.45, 7) is 5.21. The van der Waals surface area contributed by atoms with E-state index < -0.39 is 0 Å². The highest BCUT2D eigenvalue weighted by atomic mass is 32.1. The monoisotopic (exact) mass is 311 g/mol. The van der Waals surface area contributed by atoms with Gasteiger partial charge in [-0.05, 0) is 30.2 Å². The Morgan fingerprint density at radius 3 is 2.82 bits per heavy atom. The van der Waals surface area contributed by atoms with Crippen molar-refractivity contribution in [3.05, 3.63) is 66.1 Å². The molecule has 0 saturated carbocycles. The molecule has 1 N–H and O–H groups in total. The van der Waals surface area contributed by atoms with Crippen LogP contribution >= 0.6 is 11.3 Å². The van der Waals surface area contributed by atoms with Crippen LogP contribution in [0.1, 0.15) is 11.8 Å². The number of nitrogens with one attached hydrogen (secondary N) is 1. The lowest BCUT2D eigenvalue weighted by atomic mass is 10.2. The molecule has 0 amide bonds. The smallest absolute Gasteiger partial charge is 0.0946 e. The van der Waals surface area contributed by atoms with Crippen LogP contribution in [0.2, 0.25) is 0 Å². The van der Waals surface area contributed by atoms with E-state index in [1.54, 1.807) is 0 Å². The summed E-state index contributed by atoms with van der Waals surface area (Å²) in [5, 5.41) is 3.56. The van der Waals surface area contributed by atoms with Crippen LogP contribution in [0.15, 0.2) is 61.2 Å². The molecule has 1 unspecified atom stereocenters. The predicted octanol–water partition coefficient (Wildman–Crippen LogP) is 4.04. The van der Waals surface area contributed by atoms with Gasteiger partial charge < -0.3 is 9.88 Å². The highest BCUT2D eigenvalue weighted by Crippen LogP contribution is 2.27. The van der Waals surface area contributed by atoms with E-state index in [1.165, 1.54) is 15.3 Å². The number of thiophene rings is 1. The van der Waals surface area contributed by atoms with Crippen LogP contribution in [-0.4, -0.2) is 16.1 Å². The fourth-order valence-electron chi connectivity index (χ4n) is 2.49. The zero-order valence-corrected chi connectivity index (χ0v) is 13.6. The van der Waals surface area contributed by atoms with Crippen LogP contribution in [0.25, 0.3) is 10.4 Å². The molecule has 2 aromatic heterocycles. The maximum absolute atomic E-state index is 4.08. The standard InChI is InChI=1S/C18H21N3S/c1-15(13-21-10-9-19-14-21)11-20-12-17-7-8-18(22-17)16-5-3-2-4-6-16/h2-10,14-15,20H,11-13H2,1H3. The molecule has 22 heavy (non-hydrogen) atoms. The van der Waals surface area contributed by atoms with Gasteiger partial charge in [0.25, 0.3) is 0 Å². The van der Waals surface area contributed by atoms with Gasteiger partial charge in [0.15, 0.2) is 0 Å². The SMILES string of the molecule is CC(CNCc1ccc(-c2ccccc2)s1)Cn1ccnc1. The van der Waals surface area contributed by atoms with Gasteiger partial charge in [0, 0.05) is 35.2 Å². The summed E-state index contributed by atoms with van der Waals surface area (Å²) < 4.78 is 2.13. The molecule has 4 heteroatoms. The maximum Gasteiger partial charge on any atom is 0.0946 e. The fraction of sp³-hybridized carbons (Fsp3) is 0.278. The van der Waals surface area contributed by atoms with Gasteiger partial charge in [-0.15, -0.1) is 11.3 Å². The summed E-state index contributed by atoms with van der Waals surface area (Å²) >= 11 is 1.87. The average molecular weight is 311 g/mol. The second-order valence-corrected chi connectivity index (χ2v) is 6.80. The molecule has 1 aromatic carbocycles. The van der Waals surface area contributed by atoms with Crippen LogP contribution in [0.4, 0.5) is 0 Å². The predicted molar refractivity (Wildman–Crippen MR) is 92.9 cm³/mol. The molecule has 0 fully saturated rings. The van der Waals surface area contributed by atoms with Crippen molar-refractivity contribution < 1.29 is 0 Å². The summed E-state index contributed by atoms with van der Waals surface area (Å²) in [7, 11) is 0. The third kappa shape index (κ3) is 4.06. The van der Waals surface area contributed by atoms with E-state index in [9.17, 15) is 0 Å². The summed E-state index contributed by atoms with van der Waals surface area (Å²) in [5.74, 6) is 0.586. The zero-order chi connectivity index (χ0) is 15.2. The fourth-order valence-corrected chi connectivity index (χ4v) is 3.47. The molecule has 0 aliphatic heterocycles. The third-order valence-corrected chi connectivity index (χ3v) is 4.73. The van der Waals surface area contributed by atoms with Crippen LogP contribution in [0.3, 0.4) is 0 Å². The Morgan fingerprint density at radius 2 is 2.05 bits per heavy atom. The molecule has 0 spiro atoms. The molecule has 0 saturated heterocycles. The van der Waals surface area contributed by atoms with Gasteiger partial charge in [-0.1, -0.05) is 37.3 Å². The first-order valence-corrected chi connectivity index (χ1v) is 8.43. The molecule has 0 radical (unpaired) electrons. The molecular weight excluding hydrogens is 290 g/mol. The van der Waals surface area contributed by atoms with Gasteiger partial charge in [0.05, 0.1) is 6.33 Å². The highest BCUT2D eigenvalue weighted by molar-refractivity contribution is 7.15. The molecule has 2 heterocycles. The Labute approximate surface area is 135 Å². The van der Waals surface area contributed by atoms with Crippen LogP contribution < -0.4 is 5.32 Å². The van der Waals surface area contributed by atoms with E-state index in [4.69, 9.17) is 0 Å². The lowest BCUT2D eigenvalue weighted by Gasteiger charge is -2.12. The number of aromatic nitrogens is 2. The summed E-state index contributed by atoms with van der Waals surface area (Å²) in [6, 6.07) is 15.0. The van der Waals surface area contributed by atoms with Gasteiger partial charge >= 0.3 is 0 Å². The number of hydrogen-bond donors (Lipinski definition) is 1. The van der Waals surface area contributed by atoms with Crippen LogP contribution in [0, 0.1) is 5.92 Å². The minimum absolute atomic E-state index is 0.586. The maximum atomic E-state index is 4.08. The van der Waals surface area contributed by atoms with Crippen molar-refractivity contribution >= 4 is 11.3 Å². The number of imidazole rings is 1. The first-order chi connectivity index (χ1) is 10.8. The van der Waals surface area contributed by atoms with Crippen molar-refractivity contribution in [2.45, 2.75) is 20.0 Å². The molecular formula is C18H21N3S. The Bertz CT molecular complexity index is 673. The van der Waals surface area contributed by atoms with Crippen molar-refractivity contribution in [2.75, 3.05) is 6.54 Å². The van der Waals surface area contributed by atoms with E-state index in [-0.39, 0.29) is 0 Å². The Kier molecular flexibility index (Phi) is 5.03. The molecule has 0 bridgehead atoms. The van der Waals surface area contributed by atoms with E-state index in [1.807, 2.05) is 30.1 Å². The number of rotatable bonds is 7. The quantitative estimate of drug-likeness (QED) is 0.714. The number of benzene rings is 1. The summed E-state index contributed by atoms with van der Waals surface area (Å²) in [4.78, 5) is 6.80. The molecule has 114 valence electrons. The van der Waals surface area contributed by atoms with Gasteiger partial charge in [0.2, 0.25) is 0 Å². The topological polar surface area (TPSA) is 29.9 Å². The lowest BCUT2D eigenvalue weighted by molar-refractivity contribution is 0.446. The second kappa shape index (κ2) is 7.38. The van der Waals surface area contributed by atoms with Crippen molar-refractivity contribution in [1.82, 2.24) is 14.9 Å². The minimum atomic E-state index is 0.586.